The molecular formula is C30H35N5O5. The topological polar surface area (TPSA) is 135 Å². The number of esters is 1. The van der Waals surface area contributed by atoms with Crippen molar-refractivity contribution in [3.8, 4) is 11.5 Å². The lowest BCUT2D eigenvalue weighted by molar-refractivity contribution is -0.145. The molecule has 1 heterocycles. The molecule has 2 amide bonds. The third-order valence-corrected chi connectivity index (χ3v) is 6.48. The molecule has 3 N–H and O–H groups in total. The maximum Gasteiger partial charge on any atom is 0.328 e. The lowest BCUT2D eigenvalue weighted by Gasteiger charge is -2.15. The number of carbonyl (C=O) groups is 3. The lowest BCUT2D eigenvalue weighted by Crippen LogP contribution is -2.40. The molecule has 0 bridgehead atoms. The number of ether oxygens (including phenoxy) is 1. The molecule has 1 aliphatic carbocycles. The first-order valence-corrected chi connectivity index (χ1v) is 13.5. The molecule has 2 aliphatic rings. The van der Waals surface area contributed by atoms with Crippen LogP contribution in [0.2, 0.25) is 0 Å². The van der Waals surface area contributed by atoms with Crippen molar-refractivity contribution >= 4 is 45.3 Å². The van der Waals surface area contributed by atoms with Crippen molar-refractivity contribution in [3.63, 3.8) is 0 Å². The maximum atomic E-state index is 12.4. The Hall–Kier alpha value is -4.47. The van der Waals surface area contributed by atoms with Gasteiger partial charge in [-0.2, -0.15) is 0 Å². The van der Waals surface area contributed by atoms with Gasteiger partial charge in [-0.25, -0.2) is 9.78 Å². The monoisotopic (exact) mass is 545 g/mol. The van der Waals surface area contributed by atoms with Gasteiger partial charge in [0.05, 0.1) is 12.5 Å². The van der Waals surface area contributed by atoms with E-state index in [4.69, 9.17) is 19.1 Å². The number of unbranched alkanes of at least 4 members (excludes halogenated alkanes) is 1. The molecule has 1 atom stereocenters. The Balaban J connectivity index is 1.40. The number of nitrogens with zero attached hydrogens (tertiary/aromatic N) is 2. The number of hydrogen-bond donors (Lipinski definition) is 3. The highest BCUT2D eigenvalue weighted by Crippen LogP contribution is 2.31. The Kier molecular flexibility index (Phi) is 9.66. The second-order valence-corrected chi connectivity index (χ2v) is 9.47. The van der Waals surface area contributed by atoms with Crippen LogP contribution in [0.3, 0.4) is 0 Å². The molecule has 0 saturated heterocycles. The normalized spacial score (nSPS) is 12.4. The Bertz CT molecular complexity index is 1550. The largest absolute Gasteiger partial charge is 0.467 e. The molecule has 2 aromatic rings. The average molecular weight is 546 g/mol. The summed E-state index contributed by atoms with van der Waals surface area (Å²) in [5, 5.41) is 11.4. The number of rotatable bonds is 12. The number of methoxy groups -OCH3 is 1. The van der Waals surface area contributed by atoms with E-state index in [0.717, 1.165) is 39.6 Å². The summed E-state index contributed by atoms with van der Waals surface area (Å²) < 4.78 is 11.0. The minimum atomic E-state index is -0.677. The standard InChI is InChI=1S/C30H35N5O5/c1-4-31-20-12-13-23-26(17-20)40-27-18-25(21-9-5-6-10-22(21)29(27)35-23)32-16-14-28(37)33-15-8-7-11-24(30(38)39-3)34-19(2)36/h5-6,9-10,12-13,17-18,24,31H,4,7-8,11,14-16H2,1-3H3,(H,33,37)(H,34,36). The van der Waals surface area contributed by atoms with Crippen LogP contribution in [0, 0.1) is 0 Å². The molecule has 1 unspecified atom stereocenters. The number of nitrogens with one attached hydrogen (secondary N) is 3. The van der Waals surface area contributed by atoms with Crippen molar-refractivity contribution in [2.45, 2.75) is 45.6 Å². The first kappa shape index (κ1) is 28.5. The number of amides is 2. The molecule has 0 aromatic heterocycles. The molecule has 40 heavy (non-hydrogen) atoms. The zero-order valence-electron chi connectivity index (χ0n) is 23.1. The highest BCUT2D eigenvalue weighted by molar-refractivity contribution is 5.96. The summed E-state index contributed by atoms with van der Waals surface area (Å²) in [7, 11) is 1.29. The van der Waals surface area contributed by atoms with Crippen LogP contribution in [0.5, 0.6) is 0 Å². The van der Waals surface area contributed by atoms with Crippen LogP contribution >= 0.6 is 0 Å². The maximum absolute atomic E-state index is 12.4. The van der Waals surface area contributed by atoms with Gasteiger partial charge in [0.1, 0.15) is 17.3 Å². The van der Waals surface area contributed by atoms with Gasteiger partial charge in [-0.15, -0.1) is 0 Å². The molecule has 210 valence electrons. The van der Waals surface area contributed by atoms with Crippen molar-refractivity contribution in [2.75, 3.05) is 32.1 Å². The van der Waals surface area contributed by atoms with Gasteiger partial charge in [-0.05, 0) is 38.3 Å². The van der Waals surface area contributed by atoms with E-state index in [1.165, 1.54) is 14.0 Å². The average Bonchev–Trinajstić information content (AvgIpc) is 2.95. The quantitative estimate of drug-likeness (QED) is 0.107. The van der Waals surface area contributed by atoms with Crippen molar-refractivity contribution < 1.29 is 23.5 Å². The fourth-order valence-corrected chi connectivity index (χ4v) is 4.59. The smallest absolute Gasteiger partial charge is 0.328 e. The first-order chi connectivity index (χ1) is 19.4. The number of aromatic nitrogens is 1. The SMILES string of the molecule is CCNc1ccc2nc3c4ccccc4c(=NCCC(=O)NCCCCC(NC(C)=O)C(=O)OC)cc-3oc2c1. The fourth-order valence-electron chi connectivity index (χ4n) is 4.59. The second kappa shape index (κ2) is 13.5. The number of fused-ring (bicyclic) bond motifs is 4. The molecule has 0 radical (unpaired) electrons. The van der Waals surface area contributed by atoms with Crippen LogP contribution in [0.1, 0.15) is 39.5 Å². The molecular weight excluding hydrogens is 510 g/mol. The molecule has 10 nitrogen and oxygen atoms in total. The minimum absolute atomic E-state index is 0.103. The third kappa shape index (κ3) is 7.13. The van der Waals surface area contributed by atoms with Crippen LogP contribution in [0.25, 0.3) is 33.3 Å². The Morgan fingerprint density at radius 2 is 1.88 bits per heavy atom. The van der Waals surface area contributed by atoms with E-state index in [-0.39, 0.29) is 18.2 Å². The van der Waals surface area contributed by atoms with E-state index in [0.29, 0.717) is 43.7 Å². The molecule has 10 heteroatoms. The minimum Gasteiger partial charge on any atom is -0.467 e. The molecule has 4 rings (SSSR count). The summed E-state index contributed by atoms with van der Waals surface area (Å²) in [6.45, 7) is 4.99. The summed E-state index contributed by atoms with van der Waals surface area (Å²) in [6.07, 6.45) is 2.00. The van der Waals surface area contributed by atoms with Crippen LogP contribution in [0.4, 0.5) is 5.69 Å². The highest BCUT2D eigenvalue weighted by atomic mass is 16.5. The van der Waals surface area contributed by atoms with Crippen LogP contribution < -0.4 is 21.3 Å². The molecule has 2 aromatic carbocycles. The number of anilines is 1. The summed E-state index contributed by atoms with van der Waals surface area (Å²) in [5.41, 5.74) is 3.19. The van der Waals surface area contributed by atoms with Gasteiger partial charge in [0.2, 0.25) is 11.8 Å². The summed E-state index contributed by atoms with van der Waals surface area (Å²) in [6, 6.07) is 15.0. The number of carbonyl (C=O) groups excluding carboxylic acids is 3. The van der Waals surface area contributed by atoms with Gasteiger partial charge in [-0.1, -0.05) is 24.3 Å². The second-order valence-electron chi connectivity index (χ2n) is 9.47. The summed E-state index contributed by atoms with van der Waals surface area (Å²) in [4.78, 5) is 45.1. The van der Waals surface area contributed by atoms with Gasteiger partial charge in [-0.3, -0.25) is 14.6 Å². The molecule has 1 aliphatic heterocycles. The molecule has 0 spiro atoms. The van der Waals surface area contributed by atoms with Gasteiger partial charge in [0.25, 0.3) is 0 Å². The van der Waals surface area contributed by atoms with Gasteiger partial charge in [0, 0.05) is 61.6 Å². The van der Waals surface area contributed by atoms with Crippen molar-refractivity contribution in [1.82, 2.24) is 15.6 Å². The van der Waals surface area contributed by atoms with Crippen LogP contribution in [-0.2, 0) is 19.1 Å². The van der Waals surface area contributed by atoms with Crippen LogP contribution in [0.15, 0.2) is 57.9 Å². The fraction of sp³-hybridized carbons (Fsp3) is 0.367. The predicted octanol–water partition coefficient (Wildman–Crippen LogP) is 3.77. The van der Waals surface area contributed by atoms with Crippen LogP contribution in [-0.4, -0.2) is 55.6 Å². The van der Waals surface area contributed by atoms with Gasteiger partial charge < -0.3 is 25.1 Å². The zero-order chi connectivity index (χ0) is 28.5. The zero-order valence-corrected chi connectivity index (χ0v) is 23.1. The predicted molar refractivity (Wildman–Crippen MR) is 154 cm³/mol. The van der Waals surface area contributed by atoms with E-state index in [2.05, 4.69) is 16.0 Å². The van der Waals surface area contributed by atoms with E-state index in [1.54, 1.807) is 0 Å². The summed E-state index contributed by atoms with van der Waals surface area (Å²) in [5.74, 6) is -0.235. The Morgan fingerprint density at radius 1 is 1.07 bits per heavy atom. The summed E-state index contributed by atoms with van der Waals surface area (Å²) >= 11 is 0. The van der Waals surface area contributed by atoms with E-state index in [9.17, 15) is 14.4 Å². The number of benzene rings is 3. The van der Waals surface area contributed by atoms with Gasteiger partial charge >= 0.3 is 5.97 Å². The van der Waals surface area contributed by atoms with Crippen molar-refractivity contribution in [2.24, 2.45) is 4.99 Å². The Morgan fingerprint density at radius 3 is 2.62 bits per heavy atom. The van der Waals surface area contributed by atoms with E-state index < -0.39 is 12.0 Å². The number of hydrogen-bond acceptors (Lipinski definition) is 8. The molecule has 0 fully saturated rings. The first-order valence-electron chi connectivity index (χ1n) is 13.5. The molecule has 0 saturated carbocycles. The van der Waals surface area contributed by atoms with E-state index in [1.807, 2.05) is 55.5 Å². The van der Waals surface area contributed by atoms with E-state index >= 15 is 0 Å². The lowest BCUT2D eigenvalue weighted by atomic mass is 10.0. The Labute approximate surface area is 232 Å². The highest BCUT2D eigenvalue weighted by Gasteiger charge is 2.19. The van der Waals surface area contributed by atoms with Gasteiger partial charge in [0.15, 0.2) is 11.3 Å². The van der Waals surface area contributed by atoms with Crippen molar-refractivity contribution in [1.29, 1.82) is 0 Å². The third-order valence-electron chi connectivity index (χ3n) is 6.48. The van der Waals surface area contributed by atoms with Crippen molar-refractivity contribution in [3.05, 3.63) is 53.9 Å².